The van der Waals surface area contributed by atoms with Crippen molar-refractivity contribution in [3.63, 3.8) is 0 Å². The van der Waals surface area contributed by atoms with Crippen molar-refractivity contribution in [3.05, 3.63) is 28.8 Å². The molecule has 0 radical (unpaired) electrons. The van der Waals surface area contributed by atoms with Crippen LogP contribution >= 0.6 is 11.6 Å². The van der Waals surface area contributed by atoms with E-state index in [2.05, 4.69) is 10.0 Å². The third-order valence-corrected chi connectivity index (χ3v) is 4.69. The molecule has 118 valence electrons. The van der Waals surface area contributed by atoms with Crippen LogP contribution in [0.5, 0.6) is 0 Å². The SMILES string of the molecule is O=S(=O)(CC1CCCN1)Nc1cc(Cl)cc(C(F)(F)F)c1. The van der Waals surface area contributed by atoms with Gasteiger partial charge in [0, 0.05) is 11.1 Å². The van der Waals surface area contributed by atoms with Crippen molar-refractivity contribution in [2.75, 3.05) is 17.0 Å². The molecule has 1 fully saturated rings. The Morgan fingerprint density at radius 2 is 2.05 bits per heavy atom. The van der Waals surface area contributed by atoms with E-state index in [9.17, 15) is 21.6 Å². The van der Waals surface area contributed by atoms with Gasteiger partial charge in [-0.3, -0.25) is 4.72 Å². The van der Waals surface area contributed by atoms with Crippen LogP contribution < -0.4 is 10.0 Å². The summed E-state index contributed by atoms with van der Waals surface area (Å²) in [5.74, 6) is -0.180. The van der Waals surface area contributed by atoms with Gasteiger partial charge < -0.3 is 5.32 Å². The van der Waals surface area contributed by atoms with E-state index in [1.807, 2.05) is 0 Å². The Hall–Kier alpha value is -0.990. The second-order valence-electron chi connectivity index (χ2n) is 4.90. The lowest BCUT2D eigenvalue weighted by atomic mass is 10.2. The summed E-state index contributed by atoms with van der Waals surface area (Å²) in [5, 5.41) is 2.84. The number of nitrogens with one attached hydrogen (secondary N) is 2. The van der Waals surface area contributed by atoms with Crippen LogP contribution in [-0.2, 0) is 16.2 Å². The van der Waals surface area contributed by atoms with E-state index in [1.54, 1.807) is 0 Å². The maximum Gasteiger partial charge on any atom is 0.416 e. The smallest absolute Gasteiger partial charge is 0.313 e. The van der Waals surface area contributed by atoms with Gasteiger partial charge in [0.15, 0.2) is 0 Å². The van der Waals surface area contributed by atoms with E-state index in [1.165, 1.54) is 0 Å². The van der Waals surface area contributed by atoms with Crippen molar-refractivity contribution in [2.24, 2.45) is 0 Å². The standard InChI is InChI=1S/C12H14ClF3N2O2S/c13-9-4-8(12(14,15)16)5-11(6-9)18-21(19,20)7-10-2-1-3-17-10/h4-6,10,17-18H,1-3,7H2. The molecule has 1 aliphatic heterocycles. The van der Waals surface area contributed by atoms with Gasteiger partial charge in [0.05, 0.1) is 17.0 Å². The van der Waals surface area contributed by atoms with Gasteiger partial charge >= 0.3 is 6.18 Å². The monoisotopic (exact) mass is 342 g/mol. The molecular formula is C12H14ClF3N2O2S. The van der Waals surface area contributed by atoms with E-state index in [0.717, 1.165) is 37.6 Å². The molecule has 1 atom stereocenters. The zero-order valence-electron chi connectivity index (χ0n) is 10.9. The molecule has 1 unspecified atom stereocenters. The average Bonchev–Trinajstić information content (AvgIpc) is 2.77. The predicted octanol–water partition coefficient (Wildman–Crippen LogP) is 2.85. The van der Waals surface area contributed by atoms with Gasteiger partial charge in [-0.05, 0) is 37.6 Å². The topological polar surface area (TPSA) is 58.2 Å². The van der Waals surface area contributed by atoms with Crippen molar-refractivity contribution < 1.29 is 21.6 Å². The largest absolute Gasteiger partial charge is 0.416 e. The molecule has 1 heterocycles. The van der Waals surface area contributed by atoms with Crippen LogP contribution in [0.3, 0.4) is 0 Å². The summed E-state index contributed by atoms with van der Waals surface area (Å²) in [6, 6.07) is 2.45. The summed E-state index contributed by atoms with van der Waals surface area (Å²) in [4.78, 5) is 0. The highest BCUT2D eigenvalue weighted by Crippen LogP contribution is 2.33. The summed E-state index contributed by atoms with van der Waals surface area (Å²) in [6.45, 7) is 0.746. The summed E-state index contributed by atoms with van der Waals surface area (Å²) in [6.07, 6.45) is -2.97. The zero-order chi connectivity index (χ0) is 15.7. The van der Waals surface area contributed by atoms with E-state index in [4.69, 9.17) is 11.6 Å². The molecule has 1 aliphatic rings. The Morgan fingerprint density at radius 1 is 1.33 bits per heavy atom. The van der Waals surface area contributed by atoms with Gasteiger partial charge in [0.1, 0.15) is 0 Å². The van der Waals surface area contributed by atoms with Crippen LogP contribution in [-0.4, -0.2) is 26.8 Å². The van der Waals surface area contributed by atoms with Crippen molar-refractivity contribution in [3.8, 4) is 0 Å². The highest BCUT2D eigenvalue weighted by molar-refractivity contribution is 7.92. The van der Waals surface area contributed by atoms with Crippen LogP contribution in [0.25, 0.3) is 0 Å². The molecule has 0 amide bonds. The third kappa shape index (κ3) is 4.76. The molecule has 4 nitrogen and oxygen atoms in total. The minimum Gasteiger partial charge on any atom is -0.313 e. The Bertz CT molecular complexity index is 613. The number of hydrogen-bond acceptors (Lipinski definition) is 3. The zero-order valence-corrected chi connectivity index (χ0v) is 12.4. The predicted molar refractivity (Wildman–Crippen MR) is 74.9 cm³/mol. The summed E-state index contributed by atoms with van der Waals surface area (Å²) < 4.78 is 64.0. The van der Waals surface area contributed by atoms with Gasteiger partial charge in [-0.15, -0.1) is 0 Å². The van der Waals surface area contributed by atoms with Gasteiger partial charge in [-0.1, -0.05) is 11.6 Å². The molecular weight excluding hydrogens is 329 g/mol. The second-order valence-corrected chi connectivity index (χ2v) is 7.11. The lowest BCUT2D eigenvalue weighted by molar-refractivity contribution is -0.137. The summed E-state index contributed by atoms with van der Waals surface area (Å²) >= 11 is 5.61. The number of halogens is 4. The number of hydrogen-bond donors (Lipinski definition) is 2. The molecule has 1 aromatic rings. The quantitative estimate of drug-likeness (QED) is 0.884. The van der Waals surface area contributed by atoms with Gasteiger partial charge in [0.25, 0.3) is 0 Å². The van der Waals surface area contributed by atoms with Crippen LogP contribution in [0.2, 0.25) is 5.02 Å². The first-order valence-corrected chi connectivity index (χ1v) is 8.30. The molecule has 2 rings (SSSR count). The third-order valence-electron chi connectivity index (χ3n) is 3.08. The minimum absolute atomic E-state index is 0.177. The first-order valence-electron chi connectivity index (χ1n) is 6.27. The average molecular weight is 343 g/mol. The van der Waals surface area contributed by atoms with Crippen molar-refractivity contribution in [1.82, 2.24) is 5.32 Å². The molecule has 0 bridgehead atoms. The molecule has 21 heavy (non-hydrogen) atoms. The number of sulfonamides is 1. The molecule has 0 spiro atoms. The highest BCUT2D eigenvalue weighted by Gasteiger charge is 2.31. The maximum atomic E-state index is 12.7. The fourth-order valence-electron chi connectivity index (χ4n) is 2.20. The number of benzene rings is 1. The summed E-state index contributed by atoms with van der Waals surface area (Å²) in [5.41, 5.74) is -1.18. The highest BCUT2D eigenvalue weighted by atomic mass is 35.5. The van der Waals surface area contributed by atoms with E-state index < -0.39 is 21.8 Å². The Morgan fingerprint density at radius 3 is 2.62 bits per heavy atom. The van der Waals surface area contributed by atoms with Crippen molar-refractivity contribution in [1.29, 1.82) is 0 Å². The Balaban J connectivity index is 2.16. The minimum atomic E-state index is -4.59. The van der Waals surface area contributed by atoms with E-state index in [0.29, 0.717) is 0 Å². The molecule has 2 N–H and O–H groups in total. The van der Waals surface area contributed by atoms with Gasteiger partial charge in [0.2, 0.25) is 10.0 Å². The lowest BCUT2D eigenvalue weighted by Crippen LogP contribution is -2.32. The fourth-order valence-corrected chi connectivity index (χ4v) is 3.81. The van der Waals surface area contributed by atoms with Crippen molar-refractivity contribution >= 4 is 27.3 Å². The Kier molecular flexibility index (Phi) is 4.69. The second kappa shape index (κ2) is 6.02. The first kappa shape index (κ1) is 16.4. The molecule has 0 saturated carbocycles. The van der Waals surface area contributed by atoms with Crippen molar-refractivity contribution in [2.45, 2.75) is 25.1 Å². The van der Waals surface area contributed by atoms with Crippen LogP contribution in [0.15, 0.2) is 18.2 Å². The van der Waals surface area contributed by atoms with Crippen LogP contribution in [0, 0.1) is 0 Å². The molecule has 0 aromatic heterocycles. The maximum absolute atomic E-state index is 12.7. The first-order chi connectivity index (χ1) is 9.66. The molecule has 0 aliphatic carbocycles. The van der Waals surface area contributed by atoms with Gasteiger partial charge in [-0.25, -0.2) is 8.42 Å². The molecule has 9 heteroatoms. The number of alkyl halides is 3. The Labute approximate surface area is 125 Å². The van der Waals surface area contributed by atoms with E-state index >= 15 is 0 Å². The molecule has 1 aromatic carbocycles. The lowest BCUT2D eigenvalue weighted by Gasteiger charge is -2.14. The van der Waals surface area contributed by atoms with E-state index in [-0.39, 0.29) is 22.5 Å². The van der Waals surface area contributed by atoms with Crippen LogP contribution in [0.4, 0.5) is 18.9 Å². The summed E-state index contributed by atoms with van der Waals surface area (Å²) in [7, 11) is -3.74. The number of rotatable bonds is 4. The van der Waals surface area contributed by atoms with Gasteiger partial charge in [-0.2, -0.15) is 13.2 Å². The fraction of sp³-hybridized carbons (Fsp3) is 0.500. The number of anilines is 1. The normalized spacial score (nSPS) is 19.7. The van der Waals surface area contributed by atoms with Crippen LogP contribution in [0.1, 0.15) is 18.4 Å². The molecule has 1 saturated heterocycles.